The maximum absolute atomic E-state index is 13.0. The summed E-state index contributed by atoms with van der Waals surface area (Å²) >= 11 is 2.02. The third-order valence-electron chi connectivity index (χ3n) is 4.09. The van der Waals surface area contributed by atoms with Crippen molar-refractivity contribution in [2.24, 2.45) is 16.6 Å². The Morgan fingerprint density at radius 3 is 2.61 bits per heavy atom. The van der Waals surface area contributed by atoms with Crippen LogP contribution >= 0.6 is 22.6 Å². The van der Waals surface area contributed by atoms with Crippen molar-refractivity contribution in [3.63, 3.8) is 0 Å². The summed E-state index contributed by atoms with van der Waals surface area (Å²) in [6.07, 6.45) is 0. The molecule has 31 heavy (non-hydrogen) atoms. The average molecular weight is 562 g/mol. The van der Waals surface area contributed by atoms with Crippen molar-refractivity contribution in [1.29, 1.82) is 0 Å². The van der Waals surface area contributed by atoms with Gasteiger partial charge in [0.05, 0.1) is 18.0 Å². The lowest BCUT2D eigenvalue weighted by Gasteiger charge is -2.15. The molecule has 0 unspecified atom stereocenters. The number of pyridine rings is 1. The van der Waals surface area contributed by atoms with E-state index in [2.05, 4.69) is 10.5 Å². The van der Waals surface area contributed by atoms with Crippen LogP contribution in [0.3, 0.4) is 0 Å². The molecular formula is C18H23IN6O5S. The molecule has 0 fully saturated rings. The topological polar surface area (TPSA) is 185 Å². The van der Waals surface area contributed by atoms with E-state index in [0.29, 0.717) is 11.3 Å². The molecule has 0 radical (unpaired) electrons. The molecule has 0 saturated carbocycles. The van der Waals surface area contributed by atoms with Crippen LogP contribution in [0.15, 0.2) is 45.2 Å². The normalized spacial score (nSPS) is 11.0. The van der Waals surface area contributed by atoms with Gasteiger partial charge >= 0.3 is 0 Å². The van der Waals surface area contributed by atoms with Crippen molar-refractivity contribution >= 4 is 50.0 Å². The molecule has 0 aliphatic heterocycles. The van der Waals surface area contributed by atoms with Gasteiger partial charge in [-0.25, -0.2) is 8.42 Å². The number of aromatic nitrogens is 1. The Bertz CT molecular complexity index is 1160. The zero-order chi connectivity index (χ0) is 23.2. The third kappa shape index (κ3) is 6.58. The number of nitrogens with one attached hydrogen (secondary N) is 1. The number of nitrogens with zero attached hydrogens (tertiary/aromatic N) is 2. The first-order valence-corrected chi connectivity index (χ1v) is 11.7. The highest BCUT2D eigenvalue weighted by atomic mass is 127. The quantitative estimate of drug-likeness (QED) is 0.105. The van der Waals surface area contributed by atoms with Crippen LogP contribution < -0.4 is 28.1 Å². The van der Waals surface area contributed by atoms with E-state index >= 15 is 0 Å². The summed E-state index contributed by atoms with van der Waals surface area (Å²) in [4.78, 5) is 29.4. The highest BCUT2D eigenvalue weighted by Gasteiger charge is 2.26. The van der Waals surface area contributed by atoms with E-state index in [1.165, 1.54) is 6.07 Å². The third-order valence-corrected chi connectivity index (χ3v) is 6.87. The maximum atomic E-state index is 13.0. The Morgan fingerprint density at radius 2 is 1.97 bits per heavy atom. The van der Waals surface area contributed by atoms with Crippen molar-refractivity contribution in [3.05, 3.63) is 55.5 Å². The molecule has 1 amide bonds. The van der Waals surface area contributed by atoms with E-state index in [-0.39, 0.29) is 30.6 Å². The van der Waals surface area contributed by atoms with Gasteiger partial charge in [-0.05, 0) is 52.4 Å². The highest BCUT2D eigenvalue weighted by Crippen LogP contribution is 2.22. The number of guanidine groups is 1. The van der Waals surface area contributed by atoms with E-state index in [4.69, 9.17) is 22.0 Å². The van der Waals surface area contributed by atoms with Crippen molar-refractivity contribution in [3.8, 4) is 0 Å². The van der Waals surface area contributed by atoms with Gasteiger partial charge in [0.1, 0.15) is 13.2 Å². The van der Waals surface area contributed by atoms with E-state index in [1.807, 2.05) is 22.6 Å². The van der Waals surface area contributed by atoms with Gasteiger partial charge in [0.15, 0.2) is 14.7 Å². The molecule has 0 bridgehead atoms. The van der Waals surface area contributed by atoms with Crippen LogP contribution in [0, 0.1) is 10.5 Å². The first-order valence-electron chi connectivity index (χ1n) is 8.96. The lowest BCUT2D eigenvalue weighted by molar-refractivity contribution is -0.122. The highest BCUT2D eigenvalue weighted by molar-refractivity contribution is 14.1. The van der Waals surface area contributed by atoms with Crippen LogP contribution in [0.25, 0.3) is 0 Å². The van der Waals surface area contributed by atoms with Gasteiger partial charge in [0.2, 0.25) is 11.9 Å². The molecule has 0 saturated heterocycles. The number of halogens is 1. The second-order valence-electron chi connectivity index (χ2n) is 6.51. The maximum Gasteiger partial charge on any atom is 0.272 e. The Morgan fingerprint density at radius 1 is 1.29 bits per heavy atom. The molecule has 13 heteroatoms. The van der Waals surface area contributed by atoms with Gasteiger partial charge in [-0.3, -0.25) is 9.59 Å². The fourth-order valence-corrected chi connectivity index (χ4v) is 5.17. The number of sulfone groups is 1. The van der Waals surface area contributed by atoms with Gasteiger partial charge in [0.25, 0.3) is 5.56 Å². The number of nitrogen functional groups attached to an aromatic ring is 1. The van der Waals surface area contributed by atoms with Gasteiger partial charge in [-0.15, -0.1) is 0 Å². The van der Waals surface area contributed by atoms with Crippen molar-refractivity contribution in [2.75, 3.05) is 18.9 Å². The zero-order valence-electron chi connectivity index (χ0n) is 16.7. The molecule has 11 nitrogen and oxygen atoms in total. The fourth-order valence-electron chi connectivity index (χ4n) is 2.73. The number of anilines is 1. The first kappa shape index (κ1) is 24.5. The number of hydrogen-bond acceptors (Lipinski definition) is 7. The second kappa shape index (κ2) is 10.5. The van der Waals surface area contributed by atoms with Crippen LogP contribution in [0.5, 0.6) is 0 Å². The predicted octanol–water partition coefficient (Wildman–Crippen LogP) is -0.361. The molecule has 0 aliphatic carbocycles. The standard InChI is InChI=1S/C18H23IN6O5S/c1-11-8-14(20)16(31(28,29)10-12-4-2-3-5-13(12)19)17(27)25(11)9-15(26)23-6-7-30-24-18(21)22/h2-5,8H,6-7,9-10,20H2,1H3,(H,23,26)(H4,21,22,24). The molecule has 0 aliphatic rings. The predicted molar refractivity (Wildman–Crippen MR) is 125 cm³/mol. The molecule has 0 atom stereocenters. The smallest absolute Gasteiger partial charge is 0.272 e. The molecule has 0 spiro atoms. The van der Waals surface area contributed by atoms with Gasteiger partial charge in [-0.2, -0.15) is 0 Å². The van der Waals surface area contributed by atoms with E-state index in [9.17, 15) is 18.0 Å². The summed E-state index contributed by atoms with van der Waals surface area (Å²) < 4.78 is 27.8. The van der Waals surface area contributed by atoms with Crippen LogP contribution in [-0.2, 0) is 31.8 Å². The molecule has 1 aromatic heterocycles. The van der Waals surface area contributed by atoms with Crippen molar-refractivity contribution in [2.45, 2.75) is 24.1 Å². The minimum Gasteiger partial charge on any atom is -0.397 e. The number of hydrogen-bond donors (Lipinski definition) is 4. The average Bonchev–Trinajstić information content (AvgIpc) is 2.66. The lowest BCUT2D eigenvalue weighted by atomic mass is 10.2. The summed E-state index contributed by atoms with van der Waals surface area (Å²) in [6, 6.07) is 8.29. The first-order chi connectivity index (χ1) is 14.5. The van der Waals surface area contributed by atoms with Crippen LogP contribution in [-0.4, -0.2) is 38.0 Å². The monoisotopic (exact) mass is 562 g/mol. The number of carbonyl (C=O) groups is 1. The lowest BCUT2D eigenvalue weighted by Crippen LogP contribution is -2.37. The van der Waals surface area contributed by atoms with Gasteiger partial charge in [0, 0.05) is 9.26 Å². The van der Waals surface area contributed by atoms with Crippen LogP contribution in [0.1, 0.15) is 11.3 Å². The van der Waals surface area contributed by atoms with Crippen molar-refractivity contribution in [1.82, 2.24) is 9.88 Å². The Labute approximate surface area is 192 Å². The largest absolute Gasteiger partial charge is 0.397 e. The molecule has 1 heterocycles. The number of carbonyl (C=O) groups excluding carboxylic acids is 1. The molecule has 7 N–H and O–H groups in total. The number of amides is 1. The summed E-state index contributed by atoms with van der Waals surface area (Å²) in [6.45, 7) is 1.26. The van der Waals surface area contributed by atoms with Crippen LogP contribution in [0.4, 0.5) is 5.69 Å². The number of rotatable bonds is 9. The SMILES string of the molecule is Cc1cc(N)c(S(=O)(=O)Cc2ccccc2I)c(=O)n1CC(=O)NCCON=C(N)N. The Balaban J connectivity index is 2.25. The van der Waals surface area contributed by atoms with Crippen molar-refractivity contribution < 1.29 is 18.0 Å². The van der Waals surface area contributed by atoms with Gasteiger partial charge in [-0.1, -0.05) is 18.2 Å². The summed E-state index contributed by atoms with van der Waals surface area (Å²) in [7, 11) is -4.06. The molecular weight excluding hydrogens is 539 g/mol. The fraction of sp³-hybridized carbons (Fsp3) is 0.278. The molecule has 2 rings (SSSR count). The van der Waals surface area contributed by atoms with E-state index < -0.39 is 32.7 Å². The zero-order valence-corrected chi connectivity index (χ0v) is 19.6. The van der Waals surface area contributed by atoms with E-state index in [1.54, 1.807) is 31.2 Å². The minimum absolute atomic E-state index is 0.00853. The number of nitrogens with two attached hydrogens (primary N) is 3. The van der Waals surface area contributed by atoms with Crippen LogP contribution in [0.2, 0.25) is 0 Å². The number of benzene rings is 1. The molecule has 1 aromatic carbocycles. The summed E-state index contributed by atoms with van der Waals surface area (Å²) in [5.74, 6) is -1.17. The molecule has 168 valence electrons. The Kier molecular flexibility index (Phi) is 8.27. The summed E-state index contributed by atoms with van der Waals surface area (Å²) in [5, 5.41) is 5.83. The van der Waals surface area contributed by atoms with E-state index in [0.717, 1.165) is 8.14 Å². The number of aryl methyl sites for hydroxylation is 1. The number of oxime groups is 1. The summed E-state index contributed by atoms with van der Waals surface area (Å²) in [5.41, 5.74) is 16.0. The Hall–Kier alpha value is -2.81. The second-order valence-corrected chi connectivity index (χ2v) is 9.60. The minimum atomic E-state index is -4.06. The molecule has 2 aromatic rings. The van der Waals surface area contributed by atoms with Gasteiger partial charge < -0.3 is 31.9 Å².